The average molecular weight is 198 g/mol. The van der Waals surface area contributed by atoms with Gasteiger partial charge in [-0.1, -0.05) is 19.1 Å². The van der Waals surface area contributed by atoms with Gasteiger partial charge < -0.3 is 9.84 Å². The fourth-order valence-corrected chi connectivity index (χ4v) is 1.31. The summed E-state index contributed by atoms with van der Waals surface area (Å²) in [5.41, 5.74) is 0.717. The second kappa shape index (κ2) is 4.96. The Balaban J connectivity index is 3.07. The molecule has 3 heteroatoms. The van der Waals surface area contributed by atoms with Crippen molar-refractivity contribution in [2.24, 2.45) is 0 Å². The van der Waals surface area contributed by atoms with Crippen LogP contribution in [0.2, 0.25) is 0 Å². The molecule has 0 radical (unpaired) electrons. The number of rotatable bonds is 4. The van der Waals surface area contributed by atoms with Crippen molar-refractivity contribution >= 4 is 0 Å². The van der Waals surface area contributed by atoms with E-state index in [1.807, 2.05) is 6.92 Å². The van der Waals surface area contributed by atoms with Crippen molar-refractivity contribution < 1.29 is 14.2 Å². The molecular weight excluding hydrogens is 183 g/mol. The van der Waals surface area contributed by atoms with Gasteiger partial charge in [-0.05, 0) is 13.0 Å². The molecule has 0 fully saturated rings. The van der Waals surface area contributed by atoms with Gasteiger partial charge in [0.2, 0.25) is 0 Å². The van der Waals surface area contributed by atoms with Gasteiger partial charge in [0, 0.05) is 18.1 Å². The summed E-state index contributed by atoms with van der Waals surface area (Å²) in [7, 11) is 0. The van der Waals surface area contributed by atoms with Crippen molar-refractivity contribution in [1.82, 2.24) is 0 Å². The normalized spacial score (nSPS) is 12.6. The number of hydrogen-bond donors (Lipinski definition) is 1. The molecule has 1 aromatic carbocycles. The van der Waals surface area contributed by atoms with Crippen LogP contribution in [-0.4, -0.2) is 18.3 Å². The zero-order valence-electron chi connectivity index (χ0n) is 8.46. The van der Waals surface area contributed by atoms with Gasteiger partial charge in [0.1, 0.15) is 0 Å². The highest BCUT2D eigenvalue weighted by Gasteiger charge is 2.14. The molecule has 1 atom stereocenters. The first-order valence-corrected chi connectivity index (χ1v) is 4.72. The topological polar surface area (TPSA) is 29.5 Å². The van der Waals surface area contributed by atoms with Crippen LogP contribution in [0.15, 0.2) is 18.2 Å². The van der Waals surface area contributed by atoms with Crippen LogP contribution in [0.3, 0.4) is 0 Å². The van der Waals surface area contributed by atoms with Crippen LogP contribution in [0.25, 0.3) is 0 Å². The molecule has 0 spiro atoms. The molecule has 14 heavy (non-hydrogen) atoms. The van der Waals surface area contributed by atoms with E-state index in [4.69, 9.17) is 9.84 Å². The van der Waals surface area contributed by atoms with Gasteiger partial charge in [-0.3, -0.25) is 0 Å². The Kier molecular flexibility index (Phi) is 3.89. The van der Waals surface area contributed by atoms with E-state index < -0.39 is 0 Å². The van der Waals surface area contributed by atoms with Crippen LogP contribution in [0.5, 0.6) is 5.75 Å². The maximum absolute atomic E-state index is 13.3. The third kappa shape index (κ3) is 2.23. The Labute approximate surface area is 83.3 Å². The molecule has 0 aliphatic rings. The molecule has 1 N–H and O–H groups in total. The molecular formula is C11H15FO2. The fraction of sp³-hybridized carbons (Fsp3) is 0.455. The Morgan fingerprint density at radius 3 is 2.79 bits per heavy atom. The molecule has 78 valence electrons. The summed E-state index contributed by atoms with van der Waals surface area (Å²) in [6.07, 6.45) is 0. The highest BCUT2D eigenvalue weighted by molar-refractivity contribution is 5.37. The van der Waals surface area contributed by atoms with Crippen molar-refractivity contribution in [2.75, 3.05) is 13.2 Å². The second-order valence-electron chi connectivity index (χ2n) is 3.17. The smallest absolute Gasteiger partial charge is 0.165 e. The Bertz CT molecular complexity index is 299. The summed E-state index contributed by atoms with van der Waals surface area (Å²) in [6, 6.07) is 4.76. The zero-order valence-corrected chi connectivity index (χ0v) is 8.46. The molecule has 0 amide bonds. The molecule has 0 aliphatic heterocycles. The van der Waals surface area contributed by atoms with Crippen molar-refractivity contribution in [3.05, 3.63) is 29.6 Å². The number of aliphatic hydroxyl groups excluding tert-OH is 1. The number of ether oxygens (including phenoxy) is 1. The van der Waals surface area contributed by atoms with Crippen LogP contribution in [0.4, 0.5) is 4.39 Å². The number of hydrogen-bond acceptors (Lipinski definition) is 2. The summed E-state index contributed by atoms with van der Waals surface area (Å²) in [4.78, 5) is 0. The van der Waals surface area contributed by atoms with Gasteiger partial charge >= 0.3 is 0 Å². The van der Waals surface area contributed by atoms with E-state index in [0.29, 0.717) is 12.2 Å². The van der Waals surface area contributed by atoms with Gasteiger partial charge in [-0.15, -0.1) is 0 Å². The average Bonchev–Trinajstić information content (AvgIpc) is 2.20. The Morgan fingerprint density at radius 2 is 2.21 bits per heavy atom. The van der Waals surface area contributed by atoms with E-state index in [1.165, 1.54) is 6.07 Å². The lowest BCUT2D eigenvalue weighted by atomic mass is 10.0. The second-order valence-corrected chi connectivity index (χ2v) is 3.17. The number of aliphatic hydroxyl groups is 1. The molecule has 1 aromatic rings. The van der Waals surface area contributed by atoms with E-state index in [2.05, 4.69) is 0 Å². The minimum Gasteiger partial charge on any atom is -0.491 e. The third-order valence-electron chi connectivity index (χ3n) is 2.09. The summed E-state index contributed by atoms with van der Waals surface area (Å²) in [5, 5.41) is 8.99. The maximum Gasteiger partial charge on any atom is 0.165 e. The summed E-state index contributed by atoms with van der Waals surface area (Å²) in [6.45, 7) is 4.05. The summed E-state index contributed by atoms with van der Waals surface area (Å²) < 4.78 is 18.5. The first-order valence-electron chi connectivity index (χ1n) is 4.72. The molecule has 0 bridgehead atoms. The van der Waals surface area contributed by atoms with Crippen molar-refractivity contribution in [2.45, 2.75) is 19.8 Å². The highest BCUT2D eigenvalue weighted by Crippen LogP contribution is 2.28. The van der Waals surface area contributed by atoms with E-state index in [1.54, 1.807) is 19.1 Å². The largest absolute Gasteiger partial charge is 0.491 e. The fourth-order valence-electron chi connectivity index (χ4n) is 1.31. The monoisotopic (exact) mass is 198 g/mol. The lowest BCUT2D eigenvalue weighted by Gasteiger charge is -2.14. The molecule has 0 heterocycles. The molecule has 0 saturated carbocycles. The third-order valence-corrected chi connectivity index (χ3v) is 2.09. The molecule has 0 aliphatic carbocycles. The van der Waals surface area contributed by atoms with Gasteiger partial charge in [0.15, 0.2) is 11.6 Å². The number of para-hydroxylation sites is 1. The predicted octanol–water partition coefficient (Wildman–Crippen LogP) is 2.32. The lowest BCUT2D eigenvalue weighted by Crippen LogP contribution is -2.05. The Hall–Kier alpha value is -1.09. The minimum absolute atomic E-state index is 0.0104. The number of halogens is 1. The first kappa shape index (κ1) is 11.0. The molecule has 0 saturated heterocycles. The number of benzene rings is 1. The van der Waals surface area contributed by atoms with E-state index in [0.717, 1.165) is 0 Å². The van der Waals surface area contributed by atoms with E-state index in [-0.39, 0.29) is 24.1 Å². The molecule has 1 unspecified atom stereocenters. The van der Waals surface area contributed by atoms with E-state index >= 15 is 0 Å². The van der Waals surface area contributed by atoms with Crippen LogP contribution in [0.1, 0.15) is 25.3 Å². The SMILES string of the molecule is CCOc1c(F)cccc1C(C)CO. The van der Waals surface area contributed by atoms with Crippen molar-refractivity contribution in [1.29, 1.82) is 0 Å². The molecule has 0 aromatic heterocycles. The highest BCUT2D eigenvalue weighted by atomic mass is 19.1. The van der Waals surface area contributed by atoms with Gasteiger partial charge in [-0.25, -0.2) is 4.39 Å². The van der Waals surface area contributed by atoms with Crippen LogP contribution < -0.4 is 4.74 Å². The van der Waals surface area contributed by atoms with Crippen LogP contribution >= 0.6 is 0 Å². The maximum atomic E-state index is 13.3. The quantitative estimate of drug-likeness (QED) is 0.804. The van der Waals surface area contributed by atoms with Gasteiger partial charge in [-0.2, -0.15) is 0 Å². The summed E-state index contributed by atoms with van der Waals surface area (Å²) in [5.74, 6) is -0.214. The van der Waals surface area contributed by atoms with Gasteiger partial charge in [0.05, 0.1) is 6.61 Å². The predicted molar refractivity (Wildman–Crippen MR) is 53.1 cm³/mol. The minimum atomic E-state index is -0.371. The van der Waals surface area contributed by atoms with Crippen molar-refractivity contribution in [3.63, 3.8) is 0 Å². The molecule has 1 rings (SSSR count). The van der Waals surface area contributed by atoms with Crippen LogP contribution in [0, 0.1) is 5.82 Å². The lowest BCUT2D eigenvalue weighted by molar-refractivity contribution is 0.264. The van der Waals surface area contributed by atoms with E-state index in [9.17, 15) is 4.39 Å². The zero-order chi connectivity index (χ0) is 10.6. The van der Waals surface area contributed by atoms with Crippen molar-refractivity contribution in [3.8, 4) is 5.75 Å². The van der Waals surface area contributed by atoms with Crippen LogP contribution in [-0.2, 0) is 0 Å². The molecule has 2 nitrogen and oxygen atoms in total. The van der Waals surface area contributed by atoms with Gasteiger partial charge in [0.25, 0.3) is 0 Å². The standard InChI is InChI=1S/C11H15FO2/c1-3-14-11-9(8(2)7-13)5-4-6-10(11)12/h4-6,8,13H,3,7H2,1-2H3. The summed E-state index contributed by atoms with van der Waals surface area (Å²) >= 11 is 0. The Morgan fingerprint density at radius 1 is 1.50 bits per heavy atom. The first-order chi connectivity index (χ1) is 6.70.